The lowest BCUT2D eigenvalue weighted by molar-refractivity contribution is -0.143. The highest BCUT2D eigenvalue weighted by Crippen LogP contribution is 2.32. The summed E-state index contributed by atoms with van der Waals surface area (Å²) in [7, 11) is 1.85. The fourth-order valence-corrected chi connectivity index (χ4v) is 4.44. The van der Waals surface area contributed by atoms with Crippen LogP contribution in [0.2, 0.25) is 0 Å². The predicted molar refractivity (Wildman–Crippen MR) is 155 cm³/mol. The Hall–Kier alpha value is -4.32. The van der Waals surface area contributed by atoms with Crippen LogP contribution in [-0.4, -0.2) is 41.5 Å². The van der Waals surface area contributed by atoms with Gasteiger partial charge in [-0.3, -0.25) is 9.59 Å². The number of carbonyl (C=O) groups is 2. The molecule has 39 heavy (non-hydrogen) atoms. The lowest BCUT2D eigenvalue weighted by atomic mass is 10.1. The summed E-state index contributed by atoms with van der Waals surface area (Å²) in [5.41, 5.74) is 4.15. The van der Waals surface area contributed by atoms with Crippen molar-refractivity contribution >= 4 is 28.9 Å². The number of likely N-dealkylation sites (N-methyl/N-ethyl adjacent to an activating group) is 1. The molecule has 0 aliphatic heterocycles. The standard InChI is InChI=1S/C33H36N2O4/c1-3-38-32(37)20-11-10-17-28-23-35(24-31(36)34(2)22-21-26-13-6-4-7-14-26)29-18-12-19-30(33(28)29)39-25-27-15-8-5-9-16-27/h4-10,12-19,23H,3,11,20-22,24-25H2,1-2H3/b17-10+. The van der Waals surface area contributed by atoms with Crippen molar-refractivity contribution in [2.75, 3.05) is 20.2 Å². The molecule has 1 aromatic heterocycles. The number of carbonyl (C=O) groups excluding carboxylic acids is 2. The Balaban J connectivity index is 1.54. The van der Waals surface area contributed by atoms with E-state index in [9.17, 15) is 9.59 Å². The van der Waals surface area contributed by atoms with E-state index in [4.69, 9.17) is 9.47 Å². The van der Waals surface area contributed by atoms with Crippen LogP contribution in [-0.2, 0) is 33.9 Å². The Morgan fingerprint density at radius 3 is 2.36 bits per heavy atom. The molecule has 0 fully saturated rings. The fourth-order valence-electron chi connectivity index (χ4n) is 4.44. The number of nitrogens with zero attached hydrogens (tertiary/aromatic N) is 2. The van der Waals surface area contributed by atoms with Crippen LogP contribution in [0.25, 0.3) is 17.0 Å². The van der Waals surface area contributed by atoms with Gasteiger partial charge in [0.25, 0.3) is 0 Å². The number of esters is 1. The van der Waals surface area contributed by atoms with Crippen LogP contribution in [0.3, 0.4) is 0 Å². The molecule has 6 heteroatoms. The molecule has 0 aliphatic carbocycles. The smallest absolute Gasteiger partial charge is 0.306 e. The molecule has 1 heterocycles. The minimum Gasteiger partial charge on any atom is -0.488 e. The van der Waals surface area contributed by atoms with Gasteiger partial charge in [-0.25, -0.2) is 0 Å². The summed E-state index contributed by atoms with van der Waals surface area (Å²) < 4.78 is 13.3. The zero-order valence-corrected chi connectivity index (χ0v) is 22.7. The van der Waals surface area contributed by atoms with E-state index in [2.05, 4.69) is 12.1 Å². The Morgan fingerprint density at radius 1 is 0.923 bits per heavy atom. The van der Waals surface area contributed by atoms with Crippen LogP contribution >= 0.6 is 0 Å². The van der Waals surface area contributed by atoms with Crippen LogP contribution in [0.5, 0.6) is 5.75 Å². The Kier molecular flexibility index (Phi) is 9.95. The first-order chi connectivity index (χ1) is 19.0. The Bertz CT molecular complexity index is 1390. The van der Waals surface area contributed by atoms with Crippen molar-refractivity contribution < 1.29 is 19.1 Å². The molecule has 0 unspecified atom stereocenters. The lowest BCUT2D eigenvalue weighted by Gasteiger charge is -2.18. The monoisotopic (exact) mass is 524 g/mol. The van der Waals surface area contributed by atoms with Crippen molar-refractivity contribution in [3.63, 3.8) is 0 Å². The first-order valence-corrected chi connectivity index (χ1v) is 13.4. The minimum atomic E-state index is -0.208. The van der Waals surface area contributed by atoms with Gasteiger partial charge in [0.1, 0.15) is 18.9 Å². The van der Waals surface area contributed by atoms with Gasteiger partial charge in [-0.15, -0.1) is 0 Å². The van der Waals surface area contributed by atoms with Crippen molar-refractivity contribution in [3.05, 3.63) is 108 Å². The second-order valence-corrected chi connectivity index (χ2v) is 9.43. The summed E-state index contributed by atoms with van der Waals surface area (Å²) in [5, 5.41) is 0.945. The first-order valence-electron chi connectivity index (χ1n) is 13.4. The lowest BCUT2D eigenvalue weighted by Crippen LogP contribution is -2.31. The minimum absolute atomic E-state index is 0.0382. The summed E-state index contributed by atoms with van der Waals surface area (Å²) in [5.74, 6) is 0.585. The fraction of sp³-hybridized carbons (Fsp3) is 0.273. The zero-order chi connectivity index (χ0) is 27.5. The molecular formula is C33H36N2O4. The normalized spacial score (nSPS) is 11.1. The Labute approximate surface area is 230 Å². The molecule has 0 radical (unpaired) electrons. The Morgan fingerprint density at radius 2 is 1.64 bits per heavy atom. The average molecular weight is 525 g/mol. The zero-order valence-electron chi connectivity index (χ0n) is 22.7. The largest absolute Gasteiger partial charge is 0.488 e. The van der Waals surface area contributed by atoms with Crippen LogP contribution in [0.15, 0.2) is 91.1 Å². The number of hydrogen-bond acceptors (Lipinski definition) is 4. The highest BCUT2D eigenvalue weighted by atomic mass is 16.5. The average Bonchev–Trinajstić information content (AvgIpc) is 3.31. The van der Waals surface area contributed by atoms with Gasteiger partial charge < -0.3 is 18.9 Å². The van der Waals surface area contributed by atoms with Crippen LogP contribution in [0, 0.1) is 0 Å². The van der Waals surface area contributed by atoms with E-state index in [1.165, 1.54) is 5.56 Å². The number of allylic oxidation sites excluding steroid dienone is 1. The topological polar surface area (TPSA) is 60.8 Å². The summed E-state index contributed by atoms with van der Waals surface area (Å²) in [6.07, 6.45) is 7.66. The van der Waals surface area contributed by atoms with Crippen LogP contribution < -0.4 is 4.74 Å². The van der Waals surface area contributed by atoms with Gasteiger partial charge in [-0.2, -0.15) is 0 Å². The molecule has 0 bridgehead atoms. The van der Waals surface area contributed by atoms with E-state index in [0.717, 1.165) is 34.2 Å². The quantitative estimate of drug-likeness (QED) is 0.193. The van der Waals surface area contributed by atoms with Gasteiger partial charge in [0.2, 0.25) is 5.91 Å². The number of fused-ring (bicyclic) bond motifs is 1. The van der Waals surface area contributed by atoms with E-state index in [0.29, 0.717) is 32.6 Å². The number of amides is 1. The van der Waals surface area contributed by atoms with Crippen molar-refractivity contribution in [1.82, 2.24) is 9.47 Å². The first kappa shape index (κ1) is 27.7. The molecule has 0 spiro atoms. The second kappa shape index (κ2) is 14.0. The summed E-state index contributed by atoms with van der Waals surface area (Å²) in [6.45, 7) is 3.50. The second-order valence-electron chi connectivity index (χ2n) is 9.43. The third kappa shape index (κ3) is 7.84. The number of aromatic nitrogens is 1. The maximum absolute atomic E-state index is 13.2. The number of ether oxygens (including phenoxy) is 2. The van der Waals surface area contributed by atoms with Gasteiger partial charge in [0, 0.05) is 37.2 Å². The van der Waals surface area contributed by atoms with E-state index in [-0.39, 0.29) is 18.4 Å². The predicted octanol–water partition coefficient (Wildman–Crippen LogP) is 6.28. The number of benzene rings is 3. The van der Waals surface area contributed by atoms with E-state index in [1.54, 1.807) is 11.8 Å². The van der Waals surface area contributed by atoms with Gasteiger partial charge in [-0.05, 0) is 43.0 Å². The van der Waals surface area contributed by atoms with E-state index in [1.807, 2.05) is 96.7 Å². The molecular weight excluding hydrogens is 488 g/mol. The van der Waals surface area contributed by atoms with E-state index < -0.39 is 0 Å². The molecule has 0 aliphatic rings. The molecule has 1 amide bonds. The molecule has 0 N–H and O–H groups in total. The summed E-state index contributed by atoms with van der Waals surface area (Å²) in [6, 6.07) is 26.1. The van der Waals surface area contributed by atoms with Crippen molar-refractivity contribution in [3.8, 4) is 5.75 Å². The molecule has 0 saturated heterocycles. The van der Waals surface area contributed by atoms with Crippen LogP contribution in [0.1, 0.15) is 36.5 Å². The van der Waals surface area contributed by atoms with Crippen molar-refractivity contribution in [1.29, 1.82) is 0 Å². The van der Waals surface area contributed by atoms with Gasteiger partial charge in [-0.1, -0.05) is 78.9 Å². The van der Waals surface area contributed by atoms with Crippen LogP contribution in [0.4, 0.5) is 0 Å². The van der Waals surface area contributed by atoms with Gasteiger partial charge in [0.15, 0.2) is 0 Å². The highest BCUT2D eigenvalue weighted by Gasteiger charge is 2.16. The third-order valence-corrected chi connectivity index (χ3v) is 6.56. The van der Waals surface area contributed by atoms with Crippen molar-refractivity contribution in [2.45, 2.75) is 39.3 Å². The highest BCUT2D eigenvalue weighted by molar-refractivity contribution is 5.95. The molecule has 6 nitrogen and oxygen atoms in total. The number of rotatable bonds is 13. The molecule has 3 aromatic carbocycles. The molecule has 4 rings (SSSR count). The third-order valence-electron chi connectivity index (χ3n) is 6.56. The summed E-state index contributed by atoms with van der Waals surface area (Å²) in [4.78, 5) is 26.7. The molecule has 0 saturated carbocycles. The maximum atomic E-state index is 13.2. The SMILES string of the molecule is CCOC(=O)CC/C=C/c1cn(CC(=O)N(C)CCc2ccccc2)c2cccc(OCc3ccccc3)c12. The molecule has 4 aromatic rings. The van der Waals surface area contributed by atoms with Gasteiger partial charge >= 0.3 is 5.97 Å². The van der Waals surface area contributed by atoms with Gasteiger partial charge in [0.05, 0.1) is 12.1 Å². The summed E-state index contributed by atoms with van der Waals surface area (Å²) >= 11 is 0. The molecule has 0 atom stereocenters. The maximum Gasteiger partial charge on any atom is 0.306 e. The van der Waals surface area contributed by atoms with Crippen molar-refractivity contribution in [2.24, 2.45) is 0 Å². The number of hydrogen-bond donors (Lipinski definition) is 0. The molecule has 202 valence electrons. The van der Waals surface area contributed by atoms with E-state index >= 15 is 0 Å².